The van der Waals surface area contributed by atoms with E-state index in [-0.39, 0.29) is 12.1 Å². The molecule has 128 valence electrons. The fraction of sp³-hybridized carbons (Fsp3) is 0.471. The van der Waals surface area contributed by atoms with Gasteiger partial charge in [0.05, 0.1) is 0 Å². The number of rotatable bonds is 6. The second kappa shape index (κ2) is 7.81. The maximum Gasteiger partial charge on any atom is 0.315 e. The standard InChI is InChI=1S/C17H23N5O2/c1-13-19-16(24-21-13)8-5-10-18-17(23)20-14-9-11-22(12-14)15-6-3-2-4-7-15/h2-4,6-7,14H,5,8-12H2,1H3,(H2,18,20,23). The number of hydrogen-bond acceptors (Lipinski definition) is 5. The summed E-state index contributed by atoms with van der Waals surface area (Å²) >= 11 is 0. The lowest BCUT2D eigenvalue weighted by atomic mass is 10.2. The van der Waals surface area contributed by atoms with Gasteiger partial charge in [-0.1, -0.05) is 23.4 Å². The molecule has 2 aromatic rings. The molecule has 2 heterocycles. The lowest BCUT2D eigenvalue weighted by Gasteiger charge is -2.19. The summed E-state index contributed by atoms with van der Waals surface area (Å²) in [6.07, 6.45) is 2.41. The maximum absolute atomic E-state index is 12.0. The predicted molar refractivity (Wildman–Crippen MR) is 91.0 cm³/mol. The lowest BCUT2D eigenvalue weighted by Crippen LogP contribution is -2.43. The van der Waals surface area contributed by atoms with Crippen LogP contribution in [0.1, 0.15) is 24.6 Å². The molecule has 1 aliphatic heterocycles. The SMILES string of the molecule is Cc1noc(CCCNC(=O)NC2CCN(c3ccccc3)C2)n1. The van der Waals surface area contributed by atoms with Crippen LogP contribution in [0, 0.1) is 6.92 Å². The van der Waals surface area contributed by atoms with Gasteiger partial charge in [-0.05, 0) is 31.9 Å². The van der Waals surface area contributed by atoms with Gasteiger partial charge in [0.15, 0.2) is 5.82 Å². The van der Waals surface area contributed by atoms with E-state index < -0.39 is 0 Å². The number of carbonyl (C=O) groups excluding carboxylic acids is 1. The van der Waals surface area contributed by atoms with Gasteiger partial charge in [-0.25, -0.2) is 4.79 Å². The van der Waals surface area contributed by atoms with Crippen LogP contribution < -0.4 is 15.5 Å². The molecule has 1 aromatic carbocycles. The van der Waals surface area contributed by atoms with Gasteiger partial charge >= 0.3 is 6.03 Å². The fourth-order valence-electron chi connectivity index (χ4n) is 2.87. The van der Waals surface area contributed by atoms with E-state index in [0.717, 1.165) is 25.9 Å². The smallest absolute Gasteiger partial charge is 0.315 e. The van der Waals surface area contributed by atoms with Gasteiger partial charge in [0.2, 0.25) is 5.89 Å². The largest absolute Gasteiger partial charge is 0.369 e. The first-order chi connectivity index (χ1) is 11.7. The zero-order valence-corrected chi connectivity index (χ0v) is 13.9. The number of para-hydroxylation sites is 1. The third kappa shape index (κ3) is 4.47. The topological polar surface area (TPSA) is 83.3 Å². The number of benzene rings is 1. The molecule has 1 saturated heterocycles. The van der Waals surface area contributed by atoms with Crippen LogP contribution >= 0.6 is 0 Å². The minimum absolute atomic E-state index is 0.114. The monoisotopic (exact) mass is 329 g/mol. The Morgan fingerprint density at radius 1 is 1.38 bits per heavy atom. The van der Waals surface area contributed by atoms with Crippen LogP contribution in [-0.2, 0) is 6.42 Å². The van der Waals surface area contributed by atoms with Gasteiger partial charge in [-0.15, -0.1) is 0 Å². The second-order valence-electron chi connectivity index (χ2n) is 6.01. The molecule has 0 bridgehead atoms. The Hall–Kier alpha value is -2.57. The van der Waals surface area contributed by atoms with Crippen molar-refractivity contribution in [2.24, 2.45) is 0 Å². The van der Waals surface area contributed by atoms with Crippen LogP contribution in [0.25, 0.3) is 0 Å². The van der Waals surface area contributed by atoms with Crippen molar-refractivity contribution < 1.29 is 9.32 Å². The van der Waals surface area contributed by atoms with Gasteiger partial charge < -0.3 is 20.1 Å². The molecular formula is C17H23N5O2. The van der Waals surface area contributed by atoms with Crippen LogP contribution in [0.3, 0.4) is 0 Å². The highest BCUT2D eigenvalue weighted by atomic mass is 16.5. The zero-order chi connectivity index (χ0) is 16.8. The molecule has 1 aromatic heterocycles. The third-order valence-corrected chi connectivity index (χ3v) is 4.07. The minimum Gasteiger partial charge on any atom is -0.369 e. The number of urea groups is 1. The van der Waals surface area contributed by atoms with Gasteiger partial charge in [0, 0.05) is 37.8 Å². The second-order valence-corrected chi connectivity index (χ2v) is 6.01. The van der Waals surface area contributed by atoms with Crippen molar-refractivity contribution in [3.63, 3.8) is 0 Å². The summed E-state index contributed by atoms with van der Waals surface area (Å²) in [6, 6.07) is 10.4. The van der Waals surface area contributed by atoms with E-state index in [1.54, 1.807) is 6.92 Å². The molecule has 1 atom stereocenters. The molecule has 7 heteroatoms. The van der Waals surface area contributed by atoms with Gasteiger partial charge in [-0.3, -0.25) is 0 Å². The molecule has 0 saturated carbocycles. The molecule has 0 spiro atoms. The normalized spacial score (nSPS) is 17.0. The van der Waals surface area contributed by atoms with Crippen molar-refractivity contribution >= 4 is 11.7 Å². The minimum atomic E-state index is -0.114. The Balaban J connectivity index is 1.34. The molecule has 0 aliphatic carbocycles. The summed E-state index contributed by atoms with van der Waals surface area (Å²) in [7, 11) is 0. The van der Waals surface area contributed by atoms with Gasteiger partial charge in [-0.2, -0.15) is 4.98 Å². The first kappa shape index (κ1) is 16.3. The molecule has 2 amide bonds. The van der Waals surface area contributed by atoms with E-state index in [1.807, 2.05) is 18.2 Å². The highest BCUT2D eigenvalue weighted by Gasteiger charge is 2.23. The van der Waals surface area contributed by atoms with E-state index in [9.17, 15) is 4.79 Å². The van der Waals surface area contributed by atoms with Crippen molar-refractivity contribution in [3.05, 3.63) is 42.0 Å². The molecular weight excluding hydrogens is 306 g/mol. The fourth-order valence-corrected chi connectivity index (χ4v) is 2.87. The van der Waals surface area contributed by atoms with Crippen molar-refractivity contribution in [2.45, 2.75) is 32.2 Å². The Morgan fingerprint density at radius 2 is 2.21 bits per heavy atom. The molecule has 24 heavy (non-hydrogen) atoms. The Labute approximate surface area is 141 Å². The molecule has 1 aliphatic rings. The van der Waals surface area contributed by atoms with Crippen molar-refractivity contribution in [1.29, 1.82) is 0 Å². The summed E-state index contributed by atoms with van der Waals surface area (Å²) in [5.41, 5.74) is 1.21. The first-order valence-electron chi connectivity index (χ1n) is 8.34. The number of carbonyl (C=O) groups is 1. The highest BCUT2D eigenvalue weighted by molar-refractivity contribution is 5.74. The quantitative estimate of drug-likeness (QED) is 0.791. The van der Waals surface area contributed by atoms with E-state index in [4.69, 9.17) is 4.52 Å². The third-order valence-electron chi connectivity index (χ3n) is 4.07. The van der Waals surface area contributed by atoms with Gasteiger partial charge in [0.1, 0.15) is 0 Å². The van der Waals surface area contributed by atoms with Crippen LogP contribution in [0.15, 0.2) is 34.9 Å². The molecule has 2 N–H and O–H groups in total. The van der Waals surface area contributed by atoms with Crippen molar-refractivity contribution in [2.75, 3.05) is 24.5 Å². The van der Waals surface area contributed by atoms with Crippen molar-refractivity contribution in [3.8, 4) is 0 Å². The summed E-state index contributed by atoms with van der Waals surface area (Å²) in [5, 5.41) is 9.66. The molecule has 1 fully saturated rings. The average Bonchev–Trinajstić information content (AvgIpc) is 3.22. The van der Waals surface area contributed by atoms with Crippen LogP contribution in [0.4, 0.5) is 10.5 Å². The molecule has 7 nitrogen and oxygen atoms in total. The highest BCUT2D eigenvalue weighted by Crippen LogP contribution is 2.19. The molecule has 3 rings (SSSR count). The Morgan fingerprint density at radius 3 is 2.96 bits per heavy atom. The van der Waals surface area contributed by atoms with Gasteiger partial charge in [0.25, 0.3) is 0 Å². The molecule has 0 radical (unpaired) electrons. The summed E-state index contributed by atoms with van der Waals surface area (Å²) in [5.74, 6) is 1.25. The van der Waals surface area contributed by atoms with Crippen LogP contribution in [0.5, 0.6) is 0 Å². The summed E-state index contributed by atoms with van der Waals surface area (Å²) in [4.78, 5) is 18.4. The maximum atomic E-state index is 12.0. The number of anilines is 1. The Bertz CT molecular complexity index is 658. The molecule has 1 unspecified atom stereocenters. The number of nitrogens with one attached hydrogen (secondary N) is 2. The van der Waals surface area contributed by atoms with E-state index >= 15 is 0 Å². The summed E-state index contributed by atoms with van der Waals surface area (Å²) < 4.78 is 5.04. The first-order valence-corrected chi connectivity index (χ1v) is 8.34. The number of hydrogen-bond donors (Lipinski definition) is 2. The van der Waals surface area contributed by atoms with E-state index in [1.165, 1.54) is 5.69 Å². The van der Waals surface area contributed by atoms with Crippen LogP contribution in [0.2, 0.25) is 0 Å². The zero-order valence-electron chi connectivity index (χ0n) is 13.9. The van der Waals surface area contributed by atoms with E-state index in [0.29, 0.717) is 24.7 Å². The number of nitrogens with zero attached hydrogens (tertiary/aromatic N) is 3. The average molecular weight is 329 g/mol. The number of amides is 2. The van der Waals surface area contributed by atoms with Crippen molar-refractivity contribution in [1.82, 2.24) is 20.8 Å². The lowest BCUT2D eigenvalue weighted by molar-refractivity contribution is 0.237. The number of aromatic nitrogens is 2. The van der Waals surface area contributed by atoms with E-state index in [2.05, 4.69) is 37.8 Å². The number of aryl methyl sites for hydroxylation is 2. The summed E-state index contributed by atoms with van der Waals surface area (Å²) in [6.45, 7) is 4.19. The Kier molecular flexibility index (Phi) is 5.30. The van der Waals surface area contributed by atoms with Crippen LogP contribution in [-0.4, -0.2) is 41.8 Å². The predicted octanol–water partition coefficient (Wildman–Crippen LogP) is 1.89.